The fourth-order valence-corrected chi connectivity index (χ4v) is 2.05. The molecule has 0 unspecified atom stereocenters. The summed E-state index contributed by atoms with van der Waals surface area (Å²) in [5.41, 5.74) is 1.20. The number of carbonyl (C=O) groups is 2. The zero-order chi connectivity index (χ0) is 16.7. The number of hydrogen-bond donors (Lipinski definition) is 2. The number of amides is 2. The average molecular weight is 335 g/mol. The summed E-state index contributed by atoms with van der Waals surface area (Å²) in [6, 6.07) is 13.1. The number of rotatable bonds is 6. The summed E-state index contributed by atoms with van der Waals surface area (Å²) in [7, 11) is 0. The second-order valence-corrected chi connectivity index (χ2v) is 5.38. The lowest BCUT2D eigenvalue weighted by atomic mass is 10.1. The van der Waals surface area contributed by atoms with E-state index in [0.717, 1.165) is 5.56 Å². The summed E-state index contributed by atoms with van der Waals surface area (Å²) in [5.74, 6) is -1.16. The lowest BCUT2D eigenvalue weighted by molar-refractivity contribution is -0.125. The molecule has 0 aliphatic rings. The van der Waals surface area contributed by atoms with E-state index in [1.165, 1.54) is 12.1 Å². The van der Waals surface area contributed by atoms with Gasteiger partial charge in [-0.15, -0.1) is 0 Å². The SMILES string of the molecule is O=C(CNC(=O)Cc1ccccc1F)NCc1ccc(Cl)cc1. The van der Waals surface area contributed by atoms with Crippen LogP contribution in [0.15, 0.2) is 48.5 Å². The van der Waals surface area contributed by atoms with Crippen molar-refractivity contribution in [3.8, 4) is 0 Å². The lowest BCUT2D eigenvalue weighted by Crippen LogP contribution is -2.37. The molecule has 2 rings (SSSR count). The van der Waals surface area contributed by atoms with Crippen molar-refractivity contribution in [1.29, 1.82) is 0 Å². The first-order chi connectivity index (χ1) is 11.0. The van der Waals surface area contributed by atoms with Gasteiger partial charge in [-0.05, 0) is 29.3 Å². The zero-order valence-electron chi connectivity index (χ0n) is 12.3. The Morgan fingerprint density at radius 3 is 2.35 bits per heavy atom. The Balaban J connectivity index is 1.72. The molecule has 4 nitrogen and oxygen atoms in total. The molecule has 0 spiro atoms. The third-order valence-corrected chi connectivity index (χ3v) is 3.41. The van der Waals surface area contributed by atoms with E-state index in [1.807, 2.05) is 0 Å². The molecule has 2 aromatic carbocycles. The molecule has 2 amide bonds. The minimum Gasteiger partial charge on any atom is -0.350 e. The van der Waals surface area contributed by atoms with Crippen LogP contribution in [0.5, 0.6) is 0 Å². The van der Waals surface area contributed by atoms with E-state index >= 15 is 0 Å². The van der Waals surface area contributed by atoms with Crippen molar-refractivity contribution in [2.75, 3.05) is 6.54 Å². The first kappa shape index (κ1) is 17.0. The molecule has 0 saturated carbocycles. The maximum Gasteiger partial charge on any atom is 0.239 e. The topological polar surface area (TPSA) is 58.2 Å². The van der Waals surface area contributed by atoms with Crippen molar-refractivity contribution in [2.45, 2.75) is 13.0 Å². The van der Waals surface area contributed by atoms with Gasteiger partial charge >= 0.3 is 0 Å². The van der Waals surface area contributed by atoms with Crippen LogP contribution in [0, 0.1) is 5.82 Å². The van der Waals surface area contributed by atoms with Gasteiger partial charge in [0.05, 0.1) is 13.0 Å². The average Bonchev–Trinajstić information content (AvgIpc) is 2.54. The zero-order valence-corrected chi connectivity index (χ0v) is 13.1. The van der Waals surface area contributed by atoms with Gasteiger partial charge in [-0.2, -0.15) is 0 Å². The van der Waals surface area contributed by atoms with E-state index in [2.05, 4.69) is 10.6 Å². The van der Waals surface area contributed by atoms with Crippen molar-refractivity contribution in [2.24, 2.45) is 0 Å². The molecule has 0 bridgehead atoms. The summed E-state index contributed by atoms with van der Waals surface area (Å²) < 4.78 is 13.4. The summed E-state index contributed by atoms with van der Waals surface area (Å²) >= 11 is 5.78. The Hall–Kier alpha value is -2.40. The third-order valence-electron chi connectivity index (χ3n) is 3.16. The van der Waals surface area contributed by atoms with Crippen LogP contribution < -0.4 is 10.6 Å². The molecule has 6 heteroatoms. The number of nitrogens with one attached hydrogen (secondary N) is 2. The molecule has 2 N–H and O–H groups in total. The number of carbonyl (C=O) groups excluding carboxylic acids is 2. The van der Waals surface area contributed by atoms with Crippen LogP contribution in [-0.2, 0) is 22.6 Å². The quantitative estimate of drug-likeness (QED) is 0.852. The van der Waals surface area contributed by atoms with Crippen LogP contribution in [0.4, 0.5) is 4.39 Å². The second-order valence-electron chi connectivity index (χ2n) is 4.95. The Labute approximate surface area is 138 Å². The lowest BCUT2D eigenvalue weighted by Gasteiger charge is -2.08. The van der Waals surface area contributed by atoms with Crippen LogP contribution in [0.2, 0.25) is 5.02 Å². The molecule has 0 aliphatic carbocycles. The van der Waals surface area contributed by atoms with E-state index in [1.54, 1.807) is 36.4 Å². The Morgan fingerprint density at radius 1 is 0.957 bits per heavy atom. The molecule has 23 heavy (non-hydrogen) atoms. The van der Waals surface area contributed by atoms with E-state index in [4.69, 9.17) is 11.6 Å². The van der Waals surface area contributed by atoms with Gasteiger partial charge in [-0.25, -0.2) is 4.39 Å². The number of benzene rings is 2. The molecule has 0 atom stereocenters. The molecule has 0 saturated heterocycles. The standard InChI is InChI=1S/C17H16ClFN2O2/c18-14-7-5-12(6-8-14)10-20-17(23)11-21-16(22)9-13-3-1-2-4-15(13)19/h1-8H,9-11H2,(H,20,23)(H,21,22). The summed E-state index contributed by atoms with van der Waals surface area (Å²) in [6.45, 7) is 0.195. The Bertz CT molecular complexity index is 689. The number of hydrogen-bond acceptors (Lipinski definition) is 2. The molecule has 120 valence electrons. The highest BCUT2D eigenvalue weighted by Crippen LogP contribution is 2.09. The smallest absolute Gasteiger partial charge is 0.239 e. The molecular formula is C17H16ClFN2O2. The van der Waals surface area contributed by atoms with Gasteiger partial charge in [0, 0.05) is 11.6 Å². The van der Waals surface area contributed by atoms with Gasteiger partial charge in [-0.1, -0.05) is 41.9 Å². The first-order valence-electron chi connectivity index (χ1n) is 7.06. The van der Waals surface area contributed by atoms with Crippen molar-refractivity contribution < 1.29 is 14.0 Å². The van der Waals surface area contributed by atoms with Gasteiger partial charge in [0.15, 0.2) is 0 Å². The largest absolute Gasteiger partial charge is 0.350 e. The van der Waals surface area contributed by atoms with Crippen molar-refractivity contribution in [3.05, 3.63) is 70.5 Å². The summed E-state index contributed by atoms with van der Waals surface area (Å²) in [4.78, 5) is 23.4. The monoisotopic (exact) mass is 334 g/mol. The maximum atomic E-state index is 13.4. The van der Waals surface area contributed by atoms with Crippen molar-refractivity contribution in [1.82, 2.24) is 10.6 Å². The Kier molecular flexibility index (Phi) is 6.11. The van der Waals surface area contributed by atoms with Crippen molar-refractivity contribution >= 4 is 23.4 Å². The minimum absolute atomic E-state index is 0.100. The van der Waals surface area contributed by atoms with E-state index in [9.17, 15) is 14.0 Å². The van der Waals surface area contributed by atoms with Gasteiger partial charge < -0.3 is 10.6 Å². The van der Waals surface area contributed by atoms with Gasteiger partial charge in [0.2, 0.25) is 11.8 Å². The maximum absolute atomic E-state index is 13.4. The molecule has 0 fully saturated rings. The summed E-state index contributed by atoms with van der Waals surface area (Å²) in [5, 5.41) is 5.77. The highest BCUT2D eigenvalue weighted by atomic mass is 35.5. The summed E-state index contributed by atoms with van der Waals surface area (Å²) in [6.07, 6.45) is -0.100. The molecule has 0 aromatic heterocycles. The van der Waals surface area contributed by atoms with Crippen LogP contribution in [0.3, 0.4) is 0 Å². The van der Waals surface area contributed by atoms with Crippen molar-refractivity contribution in [3.63, 3.8) is 0 Å². The normalized spacial score (nSPS) is 10.2. The van der Waals surface area contributed by atoms with Crippen LogP contribution >= 0.6 is 11.6 Å². The highest BCUT2D eigenvalue weighted by Gasteiger charge is 2.09. The second kappa shape index (κ2) is 8.29. The van der Waals surface area contributed by atoms with Gasteiger partial charge in [0.25, 0.3) is 0 Å². The highest BCUT2D eigenvalue weighted by molar-refractivity contribution is 6.30. The molecule has 2 aromatic rings. The molecule has 0 aliphatic heterocycles. The molecule has 0 heterocycles. The minimum atomic E-state index is -0.435. The Morgan fingerprint density at radius 2 is 1.65 bits per heavy atom. The van der Waals surface area contributed by atoms with Crippen LogP contribution in [-0.4, -0.2) is 18.4 Å². The molecular weight excluding hydrogens is 319 g/mol. The van der Waals surface area contributed by atoms with Gasteiger partial charge in [0.1, 0.15) is 5.82 Å². The van der Waals surface area contributed by atoms with E-state index in [0.29, 0.717) is 17.1 Å². The fraction of sp³-hybridized carbons (Fsp3) is 0.176. The van der Waals surface area contributed by atoms with E-state index in [-0.39, 0.29) is 18.9 Å². The third kappa shape index (κ3) is 5.71. The van der Waals surface area contributed by atoms with Crippen LogP contribution in [0.25, 0.3) is 0 Å². The predicted octanol–water partition coefficient (Wildman–Crippen LogP) is 2.45. The van der Waals surface area contributed by atoms with Gasteiger partial charge in [-0.3, -0.25) is 9.59 Å². The van der Waals surface area contributed by atoms with E-state index < -0.39 is 11.7 Å². The molecule has 0 radical (unpaired) electrons. The number of halogens is 2. The first-order valence-corrected chi connectivity index (χ1v) is 7.43. The predicted molar refractivity (Wildman–Crippen MR) is 86.4 cm³/mol. The van der Waals surface area contributed by atoms with Crippen LogP contribution in [0.1, 0.15) is 11.1 Å². The fourth-order valence-electron chi connectivity index (χ4n) is 1.92.